The van der Waals surface area contributed by atoms with Crippen molar-refractivity contribution in [1.82, 2.24) is 10.2 Å². The number of rotatable bonds is 2. The Morgan fingerprint density at radius 3 is 2.42 bits per heavy atom. The van der Waals surface area contributed by atoms with Crippen LogP contribution in [0.4, 0.5) is 0 Å². The minimum Gasteiger partial charge on any atom is -0.454 e. The number of hydrogen-bond donors (Lipinski definition) is 0. The van der Waals surface area contributed by atoms with Gasteiger partial charge in [-0.1, -0.05) is 30.3 Å². The molecule has 3 heteroatoms. The van der Waals surface area contributed by atoms with Crippen molar-refractivity contribution < 1.29 is 4.74 Å². The average Bonchev–Trinajstić information content (AvgIpc) is 2.49. The molecule has 0 amide bonds. The average molecular weight is 246 g/mol. The van der Waals surface area contributed by atoms with E-state index in [1.54, 1.807) is 0 Å². The molecule has 0 aliphatic heterocycles. The standard InChI is InChI=1S/C16H10N2O/c1-2-14-16(19-12-8-4-3-5-9-12)13-10-6-7-11-15(13)18-17-14/h1,3-11H. The first-order valence-electron chi connectivity index (χ1n) is 5.83. The highest BCUT2D eigenvalue weighted by Gasteiger charge is 2.11. The molecule has 0 aliphatic rings. The molecule has 0 spiro atoms. The number of para-hydroxylation sites is 1. The maximum Gasteiger partial charge on any atom is 0.178 e. The van der Waals surface area contributed by atoms with Crippen LogP contribution in [0.3, 0.4) is 0 Å². The molecule has 3 aromatic rings. The molecule has 0 unspecified atom stereocenters. The molecule has 0 aliphatic carbocycles. The van der Waals surface area contributed by atoms with Crippen LogP contribution in [0.1, 0.15) is 5.69 Å². The van der Waals surface area contributed by atoms with Crippen molar-refractivity contribution in [2.75, 3.05) is 0 Å². The van der Waals surface area contributed by atoms with E-state index in [9.17, 15) is 0 Å². The number of benzene rings is 2. The van der Waals surface area contributed by atoms with E-state index in [0.29, 0.717) is 11.4 Å². The fourth-order valence-electron chi connectivity index (χ4n) is 1.83. The monoisotopic (exact) mass is 246 g/mol. The van der Waals surface area contributed by atoms with Gasteiger partial charge in [-0.15, -0.1) is 16.6 Å². The summed E-state index contributed by atoms with van der Waals surface area (Å²) in [5.74, 6) is 3.80. The summed E-state index contributed by atoms with van der Waals surface area (Å²) in [4.78, 5) is 0. The van der Waals surface area contributed by atoms with Crippen LogP contribution in [0.5, 0.6) is 11.5 Å². The predicted octanol–water partition coefficient (Wildman–Crippen LogP) is 3.40. The summed E-state index contributed by atoms with van der Waals surface area (Å²) in [5.41, 5.74) is 1.16. The minimum absolute atomic E-state index is 0.405. The summed E-state index contributed by atoms with van der Waals surface area (Å²) in [5, 5.41) is 8.95. The van der Waals surface area contributed by atoms with E-state index < -0.39 is 0 Å². The Hall–Kier alpha value is -2.86. The molecular weight excluding hydrogens is 236 g/mol. The van der Waals surface area contributed by atoms with Crippen LogP contribution < -0.4 is 4.74 Å². The van der Waals surface area contributed by atoms with Crippen molar-refractivity contribution in [3.63, 3.8) is 0 Å². The van der Waals surface area contributed by atoms with E-state index in [4.69, 9.17) is 11.2 Å². The predicted molar refractivity (Wildman–Crippen MR) is 74.0 cm³/mol. The van der Waals surface area contributed by atoms with E-state index in [1.165, 1.54) is 0 Å². The summed E-state index contributed by atoms with van der Waals surface area (Å²) >= 11 is 0. The summed E-state index contributed by atoms with van der Waals surface area (Å²) in [7, 11) is 0. The van der Waals surface area contributed by atoms with Crippen LogP contribution in [-0.4, -0.2) is 10.2 Å². The van der Waals surface area contributed by atoms with Crippen molar-refractivity contribution in [1.29, 1.82) is 0 Å². The Morgan fingerprint density at radius 2 is 1.63 bits per heavy atom. The van der Waals surface area contributed by atoms with Gasteiger partial charge in [0, 0.05) is 5.39 Å². The van der Waals surface area contributed by atoms with E-state index in [0.717, 1.165) is 16.7 Å². The second-order valence-corrected chi connectivity index (χ2v) is 3.95. The first-order valence-corrected chi connectivity index (χ1v) is 5.83. The summed E-state index contributed by atoms with van der Waals surface area (Å²) in [6.45, 7) is 0. The van der Waals surface area contributed by atoms with Gasteiger partial charge in [-0.2, -0.15) is 0 Å². The Bertz CT molecular complexity index is 761. The molecule has 0 saturated heterocycles. The molecule has 0 fully saturated rings. The first-order chi connectivity index (χ1) is 9.38. The summed E-state index contributed by atoms with van der Waals surface area (Å²) in [6.07, 6.45) is 5.46. The van der Waals surface area contributed by atoms with Crippen molar-refractivity contribution >= 4 is 10.9 Å². The van der Waals surface area contributed by atoms with Crippen LogP contribution in [0, 0.1) is 12.3 Å². The van der Waals surface area contributed by atoms with Gasteiger partial charge in [0.05, 0.1) is 5.52 Å². The number of fused-ring (bicyclic) bond motifs is 1. The lowest BCUT2D eigenvalue weighted by Gasteiger charge is -2.09. The van der Waals surface area contributed by atoms with E-state index in [-0.39, 0.29) is 0 Å². The van der Waals surface area contributed by atoms with Gasteiger partial charge in [0.25, 0.3) is 0 Å². The molecule has 2 aromatic carbocycles. The highest BCUT2D eigenvalue weighted by atomic mass is 16.5. The Labute approximate surface area is 110 Å². The summed E-state index contributed by atoms with van der Waals surface area (Å²) in [6, 6.07) is 17.1. The molecule has 1 heterocycles. The summed E-state index contributed by atoms with van der Waals surface area (Å²) < 4.78 is 5.87. The topological polar surface area (TPSA) is 35.0 Å². The zero-order chi connectivity index (χ0) is 13.1. The molecule has 0 bridgehead atoms. The van der Waals surface area contributed by atoms with Gasteiger partial charge in [-0.3, -0.25) is 0 Å². The van der Waals surface area contributed by atoms with Crippen LogP contribution in [0.15, 0.2) is 54.6 Å². The number of hydrogen-bond acceptors (Lipinski definition) is 3. The maximum absolute atomic E-state index is 5.87. The van der Waals surface area contributed by atoms with Crippen molar-refractivity contribution in [2.24, 2.45) is 0 Å². The zero-order valence-corrected chi connectivity index (χ0v) is 10.1. The number of nitrogens with zero attached hydrogens (tertiary/aromatic N) is 2. The number of terminal acetylenes is 1. The quantitative estimate of drug-likeness (QED) is 0.650. The van der Waals surface area contributed by atoms with Gasteiger partial charge in [-0.05, 0) is 30.2 Å². The maximum atomic E-state index is 5.87. The lowest BCUT2D eigenvalue weighted by molar-refractivity contribution is 0.483. The highest BCUT2D eigenvalue weighted by Crippen LogP contribution is 2.30. The molecule has 0 N–H and O–H groups in total. The van der Waals surface area contributed by atoms with Crippen LogP contribution in [0.25, 0.3) is 10.9 Å². The Kier molecular flexibility index (Phi) is 2.83. The van der Waals surface area contributed by atoms with Gasteiger partial charge < -0.3 is 4.74 Å². The SMILES string of the molecule is C#Cc1nnc2ccccc2c1Oc1ccccc1. The van der Waals surface area contributed by atoms with Crippen LogP contribution >= 0.6 is 0 Å². The number of ether oxygens (including phenoxy) is 1. The lowest BCUT2D eigenvalue weighted by Crippen LogP contribution is -1.95. The molecule has 0 saturated carbocycles. The first kappa shape index (κ1) is 11.2. The molecular formula is C16H10N2O. The fraction of sp³-hybridized carbons (Fsp3) is 0. The van der Waals surface area contributed by atoms with Crippen LogP contribution in [0.2, 0.25) is 0 Å². The molecule has 90 valence electrons. The fourth-order valence-corrected chi connectivity index (χ4v) is 1.83. The smallest absolute Gasteiger partial charge is 0.178 e. The van der Waals surface area contributed by atoms with Gasteiger partial charge in [-0.25, -0.2) is 0 Å². The molecule has 19 heavy (non-hydrogen) atoms. The molecule has 0 radical (unpaired) electrons. The second kappa shape index (κ2) is 4.79. The molecule has 1 aromatic heterocycles. The minimum atomic E-state index is 0.405. The van der Waals surface area contributed by atoms with Crippen molar-refractivity contribution in [3.8, 4) is 23.8 Å². The third kappa shape index (κ3) is 2.12. The van der Waals surface area contributed by atoms with E-state index >= 15 is 0 Å². The van der Waals surface area contributed by atoms with E-state index in [1.807, 2.05) is 54.6 Å². The van der Waals surface area contributed by atoms with Gasteiger partial charge in [0.15, 0.2) is 11.4 Å². The third-order valence-electron chi connectivity index (χ3n) is 2.72. The second-order valence-electron chi connectivity index (χ2n) is 3.95. The van der Waals surface area contributed by atoms with Crippen LogP contribution in [-0.2, 0) is 0 Å². The molecule has 3 rings (SSSR count). The van der Waals surface area contributed by atoms with Gasteiger partial charge >= 0.3 is 0 Å². The zero-order valence-electron chi connectivity index (χ0n) is 10.1. The third-order valence-corrected chi connectivity index (χ3v) is 2.72. The normalized spacial score (nSPS) is 10.1. The Morgan fingerprint density at radius 1 is 0.895 bits per heavy atom. The highest BCUT2D eigenvalue weighted by molar-refractivity contribution is 5.86. The molecule has 0 atom stereocenters. The van der Waals surface area contributed by atoms with Crippen molar-refractivity contribution in [2.45, 2.75) is 0 Å². The van der Waals surface area contributed by atoms with E-state index in [2.05, 4.69) is 16.1 Å². The van der Waals surface area contributed by atoms with Gasteiger partial charge in [0.1, 0.15) is 5.75 Å². The Balaban J connectivity index is 2.18. The van der Waals surface area contributed by atoms with Crippen molar-refractivity contribution in [3.05, 3.63) is 60.3 Å². The number of aromatic nitrogens is 2. The largest absolute Gasteiger partial charge is 0.454 e. The lowest BCUT2D eigenvalue weighted by atomic mass is 10.2. The van der Waals surface area contributed by atoms with Gasteiger partial charge in [0.2, 0.25) is 0 Å². The molecule has 3 nitrogen and oxygen atoms in total.